The monoisotopic (exact) mass is 274 g/mol. The Labute approximate surface area is 114 Å². The molecular formula is C13H11FN4O2. The first-order chi connectivity index (χ1) is 9.49. The number of anilines is 1. The molecule has 0 saturated heterocycles. The third-order valence-corrected chi connectivity index (χ3v) is 2.79. The van der Waals surface area contributed by atoms with Crippen LogP contribution in [0.15, 0.2) is 18.2 Å². The van der Waals surface area contributed by atoms with Crippen molar-refractivity contribution in [3.05, 3.63) is 41.1 Å². The van der Waals surface area contributed by atoms with Crippen molar-refractivity contribution in [3.63, 3.8) is 0 Å². The maximum absolute atomic E-state index is 13.3. The van der Waals surface area contributed by atoms with Gasteiger partial charge >= 0.3 is 5.97 Å². The van der Waals surface area contributed by atoms with Crippen LogP contribution >= 0.6 is 0 Å². The number of nitrogens with two attached hydrogens (primary N) is 1. The van der Waals surface area contributed by atoms with Crippen LogP contribution in [0.4, 0.5) is 10.2 Å². The van der Waals surface area contributed by atoms with Gasteiger partial charge in [0.15, 0.2) is 5.69 Å². The van der Waals surface area contributed by atoms with Crippen LogP contribution in [0.25, 0.3) is 5.69 Å². The van der Waals surface area contributed by atoms with Gasteiger partial charge in [-0.2, -0.15) is 5.26 Å². The first-order valence-corrected chi connectivity index (χ1v) is 5.62. The molecule has 0 bridgehead atoms. The van der Waals surface area contributed by atoms with E-state index in [1.54, 1.807) is 13.0 Å². The Kier molecular flexibility index (Phi) is 3.39. The number of carbonyl (C=O) groups is 1. The zero-order valence-electron chi connectivity index (χ0n) is 10.8. The number of imidazole rings is 1. The molecule has 0 fully saturated rings. The molecule has 0 radical (unpaired) electrons. The van der Waals surface area contributed by atoms with Gasteiger partial charge in [0.05, 0.1) is 18.4 Å². The van der Waals surface area contributed by atoms with Gasteiger partial charge in [-0.05, 0) is 25.1 Å². The molecule has 7 heteroatoms. The summed E-state index contributed by atoms with van der Waals surface area (Å²) in [5.41, 5.74) is 6.17. The van der Waals surface area contributed by atoms with Crippen molar-refractivity contribution >= 4 is 11.8 Å². The van der Waals surface area contributed by atoms with Gasteiger partial charge in [-0.3, -0.25) is 4.57 Å². The number of aromatic nitrogens is 2. The minimum Gasteiger partial charge on any atom is -0.464 e. The number of methoxy groups -OCH3 is 1. The van der Waals surface area contributed by atoms with E-state index in [9.17, 15) is 9.18 Å². The fraction of sp³-hybridized carbons (Fsp3) is 0.154. The standard InChI is InChI=1S/C13H11FN4O2/c1-7-17-11(13(19)20-2)12(16)18(7)9-3-4-10(14)8(5-9)6-15/h3-5H,16H2,1-2H3. The minimum atomic E-state index is -0.660. The van der Waals surface area contributed by atoms with E-state index in [2.05, 4.69) is 9.72 Å². The molecule has 1 aromatic heterocycles. The normalized spacial score (nSPS) is 10.1. The summed E-state index contributed by atoms with van der Waals surface area (Å²) in [7, 11) is 1.22. The zero-order valence-corrected chi connectivity index (χ0v) is 10.8. The van der Waals surface area contributed by atoms with Crippen LogP contribution in [-0.2, 0) is 4.74 Å². The van der Waals surface area contributed by atoms with Gasteiger partial charge in [0.1, 0.15) is 23.5 Å². The van der Waals surface area contributed by atoms with Crippen molar-refractivity contribution in [1.29, 1.82) is 5.26 Å². The van der Waals surface area contributed by atoms with Crippen molar-refractivity contribution in [1.82, 2.24) is 9.55 Å². The minimum absolute atomic E-state index is 0.0205. The smallest absolute Gasteiger partial charge is 0.360 e. The van der Waals surface area contributed by atoms with E-state index in [0.29, 0.717) is 11.5 Å². The number of aryl methyl sites for hydroxylation is 1. The predicted molar refractivity (Wildman–Crippen MR) is 68.7 cm³/mol. The van der Waals surface area contributed by atoms with Gasteiger partial charge in [0, 0.05) is 0 Å². The molecule has 1 aromatic carbocycles. The second kappa shape index (κ2) is 5.01. The van der Waals surface area contributed by atoms with Crippen LogP contribution in [-0.4, -0.2) is 22.6 Å². The number of nitriles is 1. The van der Waals surface area contributed by atoms with Crippen LogP contribution in [0, 0.1) is 24.1 Å². The van der Waals surface area contributed by atoms with Crippen molar-refractivity contribution in [2.75, 3.05) is 12.8 Å². The highest BCUT2D eigenvalue weighted by molar-refractivity contribution is 5.92. The van der Waals surface area contributed by atoms with Gasteiger partial charge in [-0.15, -0.1) is 0 Å². The Morgan fingerprint density at radius 2 is 2.25 bits per heavy atom. The van der Waals surface area contributed by atoms with Crippen LogP contribution in [0.2, 0.25) is 0 Å². The molecule has 2 N–H and O–H groups in total. The van der Waals surface area contributed by atoms with E-state index in [0.717, 1.165) is 6.07 Å². The second-order valence-corrected chi connectivity index (χ2v) is 4.00. The molecule has 0 saturated carbocycles. The number of nitrogens with zero attached hydrogens (tertiary/aromatic N) is 3. The van der Waals surface area contributed by atoms with E-state index in [1.165, 1.54) is 23.8 Å². The van der Waals surface area contributed by atoms with Gasteiger partial charge in [-0.1, -0.05) is 0 Å². The highest BCUT2D eigenvalue weighted by Crippen LogP contribution is 2.22. The van der Waals surface area contributed by atoms with Crippen molar-refractivity contribution < 1.29 is 13.9 Å². The molecule has 0 spiro atoms. The third kappa shape index (κ3) is 2.07. The number of halogens is 1. The average molecular weight is 274 g/mol. The zero-order chi connectivity index (χ0) is 14.9. The number of carbonyl (C=O) groups excluding carboxylic acids is 1. The van der Waals surface area contributed by atoms with E-state index >= 15 is 0 Å². The van der Waals surface area contributed by atoms with Gasteiger partial charge in [0.2, 0.25) is 0 Å². The molecule has 6 nitrogen and oxygen atoms in total. The van der Waals surface area contributed by atoms with E-state index in [4.69, 9.17) is 11.0 Å². The second-order valence-electron chi connectivity index (χ2n) is 4.00. The van der Waals surface area contributed by atoms with Gasteiger partial charge in [-0.25, -0.2) is 14.2 Å². The summed E-state index contributed by atoms with van der Waals surface area (Å²) in [5, 5.41) is 8.84. The van der Waals surface area contributed by atoms with Crippen molar-refractivity contribution in [2.45, 2.75) is 6.92 Å². The summed E-state index contributed by atoms with van der Waals surface area (Å²) in [6.45, 7) is 1.64. The molecule has 0 unspecified atom stereocenters. The lowest BCUT2D eigenvalue weighted by atomic mass is 10.2. The highest BCUT2D eigenvalue weighted by Gasteiger charge is 2.20. The predicted octanol–water partition coefficient (Wildman–Crippen LogP) is 1.56. The fourth-order valence-corrected chi connectivity index (χ4v) is 1.86. The number of nitrogen functional groups attached to an aromatic ring is 1. The lowest BCUT2D eigenvalue weighted by molar-refractivity contribution is 0.0596. The summed E-state index contributed by atoms with van der Waals surface area (Å²) in [6.07, 6.45) is 0. The molecule has 0 aliphatic carbocycles. The van der Waals surface area contributed by atoms with Gasteiger partial charge < -0.3 is 10.5 Å². The Balaban J connectivity index is 2.62. The largest absolute Gasteiger partial charge is 0.464 e. The van der Waals surface area contributed by atoms with Crippen LogP contribution in [0.5, 0.6) is 0 Å². The Morgan fingerprint density at radius 3 is 2.85 bits per heavy atom. The fourth-order valence-electron chi connectivity index (χ4n) is 1.86. The molecular weight excluding hydrogens is 263 g/mol. The first kappa shape index (κ1) is 13.5. The summed E-state index contributed by atoms with van der Waals surface area (Å²) in [6, 6.07) is 5.68. The lowest BCUT2D eigenvalue weighted by Gasteiger charge is -2.08. The number of ether oxygens (including phenoxy) is 1. The summed E-state index contributed by atoms with van der Waals surface area (Å²) >= 11 is 0. The molecule has 0 aliphatic heterocycles. The summed E-state index contributed by atoms with van der Waals surface area (Å²) in [4.78, 5) is 15.5. The maximum Gasteiger partial charge on any atom is 0.360 e. The molecule has 20 heavy (non-hydrogen) atoms. The number of hydrogen-bond acceptors (Lipinski definition) is 5. The number of hydrogen-bond donors (Lipinski definition) is 1. The van der Waals surface area contributed by atoms with Gasteiger partial charge in [0.25, 0.3) is 0 Å². The van der Waals surface area contributed by atoms with Crippen molar-refractivity contribution in [2.24, 2.45) is 0 Å². The molecule has 1 heterocycles. The molecule has 102 valence electrons. The SMILES string of the molecule is COC(=O)c1nc(C)n(-c2ccc(F)c(C#N)c2)c1N. The first-order valence-electron chi connectivity index (χ1n) is 5.62. The molecule has 2 rings (SSSR count). The van der Waals surface area contributed by atoms with E-state index in [1.807, 2.05) is 0 Å². The molecule has 0 amide bonds. The van der Waals surface area contributed by atoms with E-state index < -0.39 is 11.8 Å². The molecule has 0 atom stereocenters. The van der Waals surface area contributed by atoms with Crippen molar-refractivity contribution in [3.8, 4) is 11.8 Å². The Morgan fingerprint density at radius 1 is 1.55 bits per heavy atom. The summed E-state index contributed by atoms with van der Waals surface area (Å²) < 4.78 is 19.4. The lowest BCUT2D eigenvalue weighted by Crippen LogP contribution is -2.08. The summed E-state index contributed by atoms with van der Waals surface area (Å²) in [5.74, 6) is -0.781. The average Bonchev–Trinajstić information content (AvgIpc) is 2.74. The quantitative estimate of drug-likeness (QED) is 0.839. The Hall–Kier alpha value is -2.88. The van der Waals surface area contributed by atoms with Crippen LogP contribution < -0.4 is 5.73 Å². The van der Waals surface area contributed by atoms with Crippen LogP contribution in [0.3, 0.4) is 0 Å². The number of rotatable bonds is 2. The number of esters is 1. The molecule has 0 aliphatic rings. The number of benzene rings is 1. The third-order valence-electron chi connectivity index (χ3n) is 2.79. The Bertz CT molecular complexity index is 731. The molecule has 2 aromatic rings. The topological polar surface area (TPSA) is 93.9 Å². The highest BCUT2D eigenvalue weighted by atomic mass is 19.1. The maximum atomic E-state index is 13.3. The van der Waals surface area contributed by atoms with E-state index in [-0.39, 0.29) is 17.1 Å². The van der Waals surface area contributed by atoms with Crippen LogP contribution in [0.1, 0.15) is 21.9 Å².